The van der Waals surface area contributed by atoms with Crippen molar-refractivity contribution >= 4 is 0 Å². The van der Waals surface area contributed by atoms with Gasteiger partial charge in [-0.05, 0) is 51.6 Å². The van der Waals surface area contributed by atoms with Crippen molar-refractivity contribution in [2.24, 2.45) is 0 Å². The standard InChI is InChI=1S/C15H20N2/c1-11-10-12(2)16-13(3)14(11)15(4)8-6-7-9-17(15)5/h6-10H,1-5H3. The third-order valence-electron chi connectivity index (χ3n) is 3.61. The van der Waals surface area contributed by atoms with Crippen molar-refractivity contribution in [2.75, 3.05) is 7.05 Å². The number of nitrogens with zero attached hydrogens (tertiary/aromatic N) is 2. The summed E-state index contributed by atoms with van der Waals surface area (Å²) in [5.41, 5.74) is 4.74. The smallest absolute Gasteiger partial charge is 0.0823 e. The van der Waals surface area contributed by atoms with Gasteiger partial charge in [-0.15, -0.1) is 0 Å². The molecule has 1 unspecified atom stereocenters. The van der Waals surface area contributed by atoms with E-state index in [-0.39, 0.29) is 5.54 Å². The van der Waals surface area contributed by atoms with E-state index in [9.17, 15) is 0 Å². The molecule has 1 atom stereocenters. The molecule has 17 heavy (non-hydrogen) atoms. The molecule has 2 heterocycles. The van der Waals surface area contributed by atoms with Gasteiger partial charge in [0.25, 0.3) is 0 Å². The zero-order chi connectivity index (χ0) is 12.6. The van der Waals surface area contributed by atoms with E-state index in [4.69, 9.17) is 0 Å². The Morgan fingerprint density at radius 1 is 1.18 bits per heavy atom. The number of hydrogen-bond donors (Lipinski definition) is 0. The molecule has 1 aliphatic rings. The lowest BCUT2D eigenvalue weighted by Crippen LogP contribution is -2.38. The molecule has 2 rings (SSSR count). The molecule has 0 N–H and O–H groups in total. The molecule has 0 fully saturated rings. The van der Waals surface area contributed by atoms with Gasteiger partial charge in [0.05, 0.1) is 5.54 Å². The van der Waals surface area contributed by atoms with E-state index in [2.05, 4.69) is 68.2 Å². The molecule has 0 radical (unpaired) electrons. The largest absolute Gasteiger partial charge is 0.367 e. The second-order valence-corrected chi connectivity index (χ2v) is 5.00. The molecule has 2 nitrogen and oxygen atoms in total. The van der Waals surface area contributed by atoms with Crippen LogP contribution in [0.4, 0.5) is 0 Å². The Morgan fingerprint density at radius 2 is 1.88 bits per heavy atom. The maximum Gasteiger partial charge on any atom is 0.0823 e. The van der Waals surface area contributed by atoms with Crippen LogP contribution in [0.2, 0.25) is 0 Å². The molecule has 0 saturated carbocycles. The molecule has 1 aromatic heterocycles. The highest BCUT2D eigenvalue weighted by Gasteiger charge is 2.31. The Kier molecular flexibility index (Phi) is 2.82. The van der Waals surface area contributed by atoms with E-state index < -0.39 is 0 Å². The second kappa shape index (κ2) is 4.02. The van der Waals surface area contributed by atoms with E-state index in [1.54, 1.807) is 0 Å². The number of likely N-dealkylation sites (N-methyl/N-ethyl adjacent to an activating group) is 1. The van der Waals surface area contributed by atoms with Crippen LogP contribution in [0, 0.1) is 20.8 Å². The van der Waals surface area contributed by atoms with Crippen molar-refractivity contribution < 1.29 is 0 Å². The number of hydrogen-bond acceptors (Lipinski definition) is 2. The van der Waals surface area contributed by atoms with Crippen molar-refractivity contribution in [1.82, 2.24) is 9.88 Å². The van der Waals surface area contributed by atoms with Crippen LogP contribution in [0.1, 0.15) is 29.4 Å². The lowest BCUT2D eigenvalue weighted by molar-refractivity contribution is 0.259. The Bertz CT molecular complexity index is 477. The molecule has 90 valence electrons. The van der Waals surface area contributed by atoms with Crippen LogP contribution in [0.15, 0.2) is 30.5 Å². The normalized spacial score (nSPS) is 23.2. The second-order valence-electron chi connectivity index (χ2n) is 5.00. The van der Waals surface area contributed by atoms with E-state index in [0.717, 1.165) is 11.4 Å². The first-order valence-corrected chi connectivity index (χ1v) is 5.99. The van der Waals surface area contributed by atoms with Gasteiger partial charge >= 0.3 is 0 Å². The molecule has 0 bridgehead atoms. The van der Waals surface area contributed by atoms with Crippen molar-refractivity contribution in [3.05, 3.63) is 53.0 Å². The Labute approximate surface area is 104 Å². The van der Waals surface area contributed by atoms with Crippen molar-refractivity contribution in [1.29, 1.82) is 0 Å². The Balaban J connectivity index is 2.61. The minimum absolute atomic E-state index is 0.0936. The lowest BCUT2D eigenvalue weighted by Gasteiger charge is -2.39. The first-order valence-electron chi connectivity index (χ1n) is 5.99. The van der Waals surface area contributed by atoms with E-state index in [0.29, 0.717) is 0 Å². The number of aromatic nitrogens is 1. The van der Waals surface area contributed by atoms with Crippen LogP contribution in [0.5, 0.6) is 0 Å². The van der Waals surface area contributed by atoms with Crippen LogP contribution >= 0.6 is 0 Å². The molecule has 2 heteroatoms. The highest BCUT2D eigenvalue weighted by Crippen LogP contribution is 2.35. The summed E-state index contributed by atoms with van der Waals surface area (Å²) in [6.07, 6.45) is 8.52. The molecule has 1 aromatic rings. The van der Waals surface area contributed by atoms with Crippen molar-refractivity contribution in [3.8, 4) is 0 Å². The summed E-state index contributed by atoms with van der Waals surface area (Å²) in [7, 11) is 2.11. The van der Waals surface area contributed by atoms with Gasteiger partial charge in [-0.25, -0.2) is 0 Å². The van der Waals surface area contributed by atoms with Gasteiger partial charge in [0.1, 0.15) is 0 Å². The van der Waals surface area contributed by atoms with E-state index in [1.807, 2.05) is 6.92 Å². The van der Waals surface area contributed by atoms with Gasteiger partial charge in [0.15, 0.2) is 0 Å². The highest BCUT2D eigenvalue weighted by molar-refractivity contribution is 5.42. The zero-order valence-electron chi connectivity index (χ0n) is 11.3. The number of pyridine rings is 1. The maximum absolute atomic E-state index is 4.60. The van der Waals surface area contributed by atoms with Crippen molar-refractivity contribution in [3.63, 3.8) is 0 Å². The van der Waals surface area contributed by atoms with Crippen molar-refractivity contribution in [2.45, 2.75) is 33.2 Å². The van der Waals surface area contributed by atoms with Crippen LogP contribution in [0.3, 0.4) is 0 Å². The van der Waals surface area contributed by atoms with Crippen LogP contribution in [-0.4, -0.2) is 16.9 Å². The van der Waals surface area contributed by atoms with Gasteiger partial charge < -0.3 is 4.90 Å². The predicted molar refractivity (Wildman–Crippen MR) is 71.8 cm³/mol. The van der Waals surface area contributed by atoms with Gasteiger partial charge in [-0.3, -0.25) is 4.98 Å². The van der Waals surface area contributed by atoms with E-state index >= 15 is 0 Å². The fourth-order valence-electron chi connectivity index (χ4n) is 2.74. The quantitative estimate of drug-likeness (QED) is 0.733. The average molecular weight is 228 g/mol. The van der Waals surface area contributed by atoms with Gasteiger partial charge in [0.2, 0.25) is 0 Å². The Morgan fingerprint density at radius 3 is 2.47 bits per heavy atom. The summed E-state index contributed by atoms with van der Waals surface area (Å²) in [6, 6.07) is 2.16. The number of aryl methyl sites for hydroxylation is 3. The van der Waals surface area contributed by atoms with Crippen LogP contribution < -0.4 is 0 Å². The zero-order valence-corrected chi connectivity index (χ0v) is 11.3. The average Bonchev–Trinajstić information content (AvgIpc) is 2.21. The first-order chi connectivity index (χ1) is 7.95. The molecule has 0 aromatic carbocycles. The SMILES string of the molecule is Cc1cc(C)c(C2(C)C=CC=CN2C)c(C)n1. The first kappa shape index (κ1) is 11.9. The Hall–Kier alpha value is -1.57. The summed E-state index contributed by atoms with van der Waals surface area (Å²) in [5.74, 6) is 0. The molecule has 0 saturated heterocycles. The lowest BCUT2D eigenvalue weighted by atomic mass is 9.84. The van der Waals surface area contributed by atoms with E-state index in [1.165, 1.54) is 11.1 Å². The predicted octanol–water partition coefficient (Wildman–Crippen LogP) is 3.24. The monoisotopic (exact) mass is 228 g/mol. The summed E-state index contributed by atoms with van der Waals surface area (Å²) in [6.45, 7) is 8.55. The van der Waals surface area contributed by atoms with Gasteiger partial charge in [-0.1, -0.05) is 12.2 Å². The molecular formula is C15H20N2. The topological polar surface area (TPSA) is 16.1 Å². The molecule has 0 amide bonds. The van der Waals surface area contributed by atoms with Gasteiger partial charge in [-0.2, -0.15) is 0 Å². The molecule has 0 aliphatic carbocycles. The number of allylic oxidation sites excluding steroid dienone is 2. The van der Waals surface area contributed by atoms with Crippen LogP contribution in [0.25, 0.3) is 0 Å². The third-order valence-corrected chi connectivity index (χ3v) is 3.61. The summed E-state index contributed by atoms with van der Waals surface area (Å²) < 4.78 is 0. The molecule has 1 aliphatic heterocycles. The minimum Gasteiger partial charge on any atom is -0.367 e. The fourth-order valence-corrected chi connectivity index (χ4v) is 2.74. The minimum atomic E-state index is -0.0936. The third kappa shape index (κ3) is 1.88. The summed E-state index contributed by atoms with van der Waals surface area (Å²) in [4.78, 5) is 6.84. The van der Waals surface area contributed by atoms with Crippen LogP contribution in [-0.2, 0) is 5.54 Å². The molecule has 0 spiro atoms. The highest BCUT2D eigenvalue weighted by atomic mass is 15.2. The molecular weight excluding hydrogens is 208 g/mol. The summed E-state index contributed by atoms with van der Waals surface area (Å²) in [5, 5.41) is 0. The van der Waals surface area contributed by atoms with Gasteiger partial charge in [0, 0.05) is 24.0 Å². The number of rotatable bonds is 1. The summed E-state index contributed by atoms with van der Waals surface area (Å²) >= 11 is 0. The fraction of sp³-hybridized carbons (Fsp3) is 0.400. The maximum atomic E-state index is 4.60.